The normalized spacial score (nSPS) is 18.8. The van der Waals surface area contributed by atoms with E-state index in [-0.39, 0.29) is 6.54 Å². The third-order valence-electron chi connectivity index (χ3n) is 3.85. The van der Waals surface area contributed by atoms with Crippen molar-refractivity contribution in [3.8, 4) is 0 Å². The zero-order valence-corrected chi connectivity index (χ0v) is 12.8. The van der Waals surface area contributed by atoms with E-state index in [1.807, 2.05) is 0 Å². The summed E-state index contributed by atoms with van der Waals surface area (Å²) >= 11 is 0. The fraction of sp³-hybridized carbons (Fsp3) is 0.600. The summed E-state index contributed by atoms with van der Waals surface area (Å²) in [5, 5.41) is 2.50. The summed E-state index contributed by atoms with van der Waals surface area (Å²) in [6, 6.07) is -0.697. The van der Waals surface area contributed by atoms with Gasteiger partial charge in [0.1, 0.15) is 6.54 Å². The van der Waals surface area contributed by atoms with Crippen LogP contribution >= 0.6 is 0 Å². The molecule has 120 valence electrons. The Morgan fingerprint density at radius 1 is 1.18 bits per heavy atom. The average Bonchev–Trinajstić information content (AvgIpc) is 2.71. The molecule has 1 fully saturated rings. The minimum absolute atomic E-state index is 0.196. The van der Waals surface area contributed by atoms with E-state index >= 15 is 0 Å². The van der Waals surface area contributed by atoms with E-state index in [1.54, 1.807) is 6.92 Å². The summed E-state index contributed by atoms with van der Waals surface area (Å²) < 4.78 is 0. The van der Waals surface area contributed by atoms with Crippen LogP contribution in [0.1, 0.15) is 39.0 Å². The minimum Gasteiger partial charge on any atom is -0.355 e. The molecule has 0 aromatic carbocycles. The summed E-state index contributed by atoms with van der Waals surface area (Å²) in [6.07, 6.45) is 7.04. The lowest BCUT2D eigenvalue weighted by molar-refractivity contribution is -0.144. The molecule has 0 aromatic rings. The van der Waals surface area contributed by atoms with E-state index in [9.17, 15) is 19.2 Å². The number of likely N-dealkylation sites (N-methyl/N-ethyl adjacent to an activating group) is 1. The second-order valence-corrected chi connectivity index (χ2v) is 5.44. The summed E-state index contributed by atoms with van der Waals surface area (Å²) in [5.74, 6) is -2.21. The van der Waals surface area contributed by atoms with Crippen LogP contribution in [0.3, 0.4) is 0 Å². The molecular formula is C15H21N3O4. The number of carbonyl (C=O) groups is 4. The molecule has 0 radical (unpaired) electrons. The topological polar surface area (TPSA) is 86.8 Å². The molecule has 22 heavy (non-hydrogen) atoms. The van der Waals surface area contributed by atoms with Crippen LogP contribution in [0.2, 0.25) is 0 Å². The zero-order valence-electron chi connectivity index (χ0n) is 12.8. The van der Waals surface area contributed by atoms with Crippen LogP contribution in [0, 0.1) is 0 Å². The number of carbonyl (C=O) groups excluding carboxylic acids is 4. The molecule has 7 heteroatoms. The molecule has 1 aliphatic carbocycles. The molecule has 1 N–H and O–H groups in total. The number of rotatable bonds is 6. The van der Waals surface area contributed by atoms with Crippen molar-refractivity contribution in [2.75, 3.05) is 19.6 Å². The van der Waals surface area contributed by atoms with Gasteiger partial charge in [0.2, 0.25) is 5.91 Å². The molecule has 0 spiro atoms. The fourth-order valence-corrected chi connectivity index (χ4v) is 2.67. The van der Waals surface area contributed by atoms with Gasteiger partial charge in [-0.15, -0.1) is 0 Å². The van der Waals surface area contributed by atoms with Crippen molar-refractivity contribution < 1.29 is 19.2 Å². The first kappa shape index (κ1) is 16.2. The highest BCUT2D eigenvalue weighted by Crippen LogP contribution is 2.21. The van der Waals surface area contributed by atoms with Gasteiger partial charge in [0.25, 0.3) is 0 Å². The highest BCUT2D eigenvalue weighted by Gasteiger charge is 2.44. The van der Waals surface area contributed by atoms with E-state index < -0.39 is 30.3 Å². The van der Waals surface area contributed by atoms with Gasteiger partial charge < -0.3 is 5.32 Å². The van der Waals surface area contributed by atoms with Gasteiger partial charge in [-0.25, -0.2) is 9.69 Å². The number of urea groups is 1. The van der Waals surface area contributed by atoms with Crippen LogP contribution in [0.4, 0.5) is 4.79 Å². The Bertz CT molecular complexity index is 527. The molecule has 1 heterocycles. The van der Waals surface area contributed by atoms with Crippen LogP contribution < -0.4 is 5.32 Å². The molecule has 0 atom stereocenters. The van der Waals surface area contributed by atoms with E-state index in [0.717, 1.165) is 24.2 Å². The molecule has 2 aliphatic rings. The van der Waals surface area contributed by atoms with Crippen LogP contribution in [0.15, 0.2) is 11.6 Å². The molecule has 0 unspecified atom stereocenters. The van der Waals surface area contributed by atoms with Crippen LogP contribution in [-0.4, -0.2) is 53.2 Å². The fourth-order valence-electron chi connectivity index (χ4n) is 2.67. The SMILES string of the molecule is CCNC(=O)CN1C(=O)C(=O)N(CCC2=CCCCC2)C1=O. The first-order chi connectivity index (χ1) is 10.5. The van der Waals surface area contributed by atoms with Gasteiger partial charge in [0.05, 0.1) is 0 Å². The Morgan fingerprint density at radius 3 is 2.55 bits per heavy atom. The summed E-state index contributed by atoms with van der Waals surface area (Å²) in [4.78, 5) is 49.1. The van der Waals surface area contributed by atoms with Crippen LogP contribution in [0.5, 0.6) is 0 Å². The predicted molar refractivity (Wildman–Crippen MR) is 78.7 cm³/mol. The van der Waals surface area contributed by atoms with E-state index in [4.69, 9.17) is 0 Å². The van der Waals surface area contributed by atoms with Gasteiger partial charge in [0, 0.05) is 13.1 Å². The average molecular weight is 307 g/mol. The van der Waals surface area contributed by atoms with Crippen molar-refractivity contribution in [1.82, 2.24) is 15.1 Å². The molecular weight excluding hydrogens is 286 g/mol. The van der Waals surface area contributed by atoms with Gasteiger partial charge in [-0.3, -0.25) is 19.3 Å². The smallest absolute Gasteiger partial charge is 0.334 e. The monoisotopic (exact) mass is 307 g/mol. The van der Waals surface area contributed by atoms with Gasteiger partial charge in [-0.2, -0.15) is 0 Å². The number of hydrogen-bond acceptors (Lipinski definition) is 4. The van der Waals surface area contributed by atoms with Crippen LogP contribution in [-0.2, 0) is 14.4 Å². The first-order valence-electron chi connectivity index (χ1n) is 7.66. The largest absolute Gasteiger partial charge is 0.355 e. The van der Waals surface area contributed by atoms with Crippen molar-refractivity contribution in [1.29, 1.82) is 0 Å². The molecule has 1 aliphatic heterocycles. The number of hydrogen-bond donors (Lipinski definition) is 1. The minimum atomic E-state index is -0.922. The van der Waals surface area contributed by atoms with Gasteiger partial charge >= 0.3 is 17.8 Å². The molecule has 0 saturated carbocycles. The quantitative estimate of drug-likeness (QED) is 0.447. The maximum Gasteiger partial charge on any atom is 0.334 e. The van der Waals surface area contributed by atoms with Gasteiger partial charge in [-0.1, -0.05) is 11.6 Å². The van der Waals surface area contributed by atoms with Crippen LogP contribution in [0.25, 0.3) is 0 Å². The summed E-state index contributed by atoms with van der Waals surface area (Å²) in [5.41, 5.74) is 1.22. The Labute approximate surface area is 129 Å². The Balaban J connectivity index is 1.96. The second kappa shape index (κ2) is 7.20. The highest BCUT2D eigenvalue weighted by atomic mass is 16.2. The molecule has 5 amide bonds. The molecule has 7 nitrogen and oxygen atoms in total. The highest BCUT2D eigenvalue weighted by molar-refractivity contribution is 6.45. The number of amides is 5. The maximum atomic E-state index is 12.1. The van der Waals surface area contributed by atoms with E-state index in [0.29, 0.717) is 17.9 Å². The molecule has 1 saturated heterocycles. The van der Waals surface area contributed by atoms with E-state index in [2.05, 4.69) is 11.4 Å². The van der Waals surface area contributed by atoms with Crippen molar-refractivity contribution in [2.45, 2.75) is 39.0 Å². The number of allylic oxidation sites excluding steroid dienone is 1. The van der Waals surface area contributed by atoms with Crippen molar-refractivity contribution >= 4 is 23.8 Å². The Morgan fingerprint density at radius 2 is 1.91 bits per heavy atom. The third-order valence-corrected chi connectivity index (χ3v) is 3.85. The molecule has 2 rings (SSSR count). The lowest BCUT2D eigenvalue weighted by atomic mass is 9.97. The second-order valence-electron chi connectivity index (χ2n) is 5.44. The summed E-state index contributed by atoms with van der Waals surface area (Å²) in [7, 11) is 0. The van der Waals surface area contributed by atoms with Crippen molar-refractivity contribution in [2.24, 2.45) is 0 Å². The van der Waals surface area contributed by atoms with Gasteiger partial charge in [0.15, 0.2) is 0 Å². The Kier molecular flexibility index (Phi) is 5.30. The van der Waals surface area contributed by atoms with E-state index in [1.165, 1.54) is 12.0 Å². The molecule has 0 bridgehead atoms. The lowest BCUT2D eigenvalue weighted by Crippen LogP contribution is -2.41. The standard InChI is InChI=1S/C15H21N3O4/c1-2-16-12(19)10-18-14(21)13(20)17(15(18)22)9-8-11-6-4-3-5-7-11/h6H,2-5,7-10H2,1H3,(H,16,19). The first-order valence-corrected chi connectivity index (χ1v) is 7.66. The third kappa shape index (κ3) is 3.52. The predicted octanol–water partition coefficient (Wildman–Crippen LogP) is 0.804. The summed E-state index contributed by atoms with van der Waals surface area (Å²) in [6.45, 7) is 1.93. The van der Waals surface area contributed by atoms with Crippen molar-refractivity contribution in [3.63, 3.8) is 0 Å². The maximum absolute atomic E-state index is 12.1. The number of nitrogens with zero attached hydrogens (tertiary/aromatic N) is 2. The lowest BCUT2D eigenvalue weighted by Gasteiger charge is -2.17. The van der Waals surface area contributed by atoms with Crippen molar-refractivity contribution in [3.05, 3.63) is 11.6 Å². The zero-order chi connectivity index (χ0) is 16.1. The Hall–Kier alpha value is -2.18. The molecule has 0 aromatic heterocycles. The number of imide groups is 2. The van der Waals surface area contributed by atoms with Gasteiger partial charge in [-0.05, 0) is 39.0 Å². The number of nitrogens with one attached hydrogen (secondary N) is 1.